The monoisotopic (exact) mass is 311 g/mol. The van der Waals surface area contributed by atoms with Crippen LogP contribution in [0.1, 0.15) is 18.1 Å². The van der Waals surface area contributed by atoms with Gasteiger partial charge >= 0.3 is 6.03 Å². The van der Waals surface area contributed by atoms with Crippen LogP contribution in [-0.4, -0.2) is 18.0 Å². The fourth-order valence-corrected chi connectivity index (χ4v) is 2.22. The zero-order chi connectivity index (χ0) is 16.7. The molecule has 3 amide bonds. The Bertz CT molecular complexity index is 654. The zero-order valence-corrected chi connectivity index (χ0v) is 13.1. The number of anilines is 1. The van der Waals surface area contributed by atoms with Gasteiger partial charge in [-0.05, 0) is 29.7 Å². The highest BCUT2D eigenvalue weighted by molar-refractivity contribution is 5.93. The molecule has 1 atom stereocenters. The largest absolute Gasteiger partial charge is 0.368 e. The molecular weight excluding hydrogens is 290 g/mol. The minimum atomic E-state index is -0.757. The smallest absolute Gasteiger partial charge is 0.319 e. The van der Waals surface area contributed by atoms with E-state index in [1.165, 1.54) is 5.56 Å². The van der Waals surface area contributed by atoms with Gasteiger partial charge in [0, 0.05) is 12.1 Å². The van der Waals surface area contributed by atoms with Crippen molar-refractivity contribution in [2.24, 2.45) is 5.73 Å². The first kappa shape index (κ1) is 16.5. The van der Waals surface area contributed by atoms with Crippen LogP contribution in [-0.2, 0) is 17.6 Å². The van der Waals surface area contributed by atoms with Gasteiger partial charge in [0.2, 0.25) is 5.91 Å². The summed E-state index contributed by atoms with van der Waals surface area (Å²) in [5.41, 5.74) is 8.18. The van der Waals surface area contributed by atoms with E-state index in [2.05, 4.69) is 17.6 Å². The number of nitrogens with one attached hydrogen (secondary N) is 2. The predicted octanol–water partition coefficient (Wildman–Crippen LogP) is 2.47. The van der Waals surface area contributed by atoms with Crippen LogP contribution in [0.2, 0.25) is 0 Å². The lowest BCUT2D eigenvalue weighted by Crippen LogP contribution is -2.47. The average Bonchev–Trinajstić information content (AvgIpc) is 2.56. The summed E-state index contributed by atoms with van der Waals surface area (Å²) < 4.78 is 0. The summed E-state index contributed by atoms with van der Waals surface area (Å²) in [6.07, 6.45) is 1.30. The third kappa shape index (κ3) is 5.14. The van der Waals surface area contributed by atoms with Gasteiger partial charge in [-0.1, -0.05) is 49.4 Å². The van der Waals surface area contributed by atoms with Crippen LogP contribution in [0.25, 0.3) is 0 Å². The molecule has 2 aromatic rings. The standard InChI is InChI=1S/C18H21N3O2/c1-2-13-8-10-15(11-9-13)20-18(23)21-16(17(19)22)12-14-6-4-3-5-7-14/h3-11,16H,2,12H2,1H3,(H2,19,22)(H2,20,21,23). The van der Waals surface area contributed by atoms with Crippen molar-refractivity contribution in [1.29, 1.82) is 0 Å². The molecule has 5 heteroatoms. The van der Waals surface area contributed by atoms with Gasteiger partial charge in [-0.3, -0.25) is 4.79 Å². The summed E-state index contributed by atoms with van der Waals surface area (Å²) in [7, 11) is 0. The Labute approximate surface area is 135 Å². The lowest BCUT2D eigenvalue weighted by molar-refractivity contribution is -0.119. The first-order chi connectivity index (χ1) is 11.1. The number of hydrogen-bond acceptors (Lipinski definition) is 2. The Morgan fingerprint density at radius 2 is 1.65 bits per heavy atom. The van der Waals surface area contributed by atoms with E-state index in [0.29, 0.717) is 12.1 Å². The van der Waals surface area contributed by atoms with Crippen molar-refractivity contribution in [3.63, 3.8) is 0 Å². The number of carbonyl (C=O) groups excluding carboxylic acids is 2. The van der Waals surface area contributed by atoms with Crippen LogP contribution in [0, 0.1) is 0 Å². The number of amides is 3. The Morgan fingerprint density at radius 1 is 1.00 bits per heavy atom. The summed E-state index contributed by atoms with van der Waals surface area (Å²) in [6, 6.07) is 15.8. The van der Waals surface area contributed by atoms with Crippen LogP contribution in [0.4, 0.5) is 10.5 Å². The minimum Gasteiger partial charge on any atom is -0.368 e. The second-order valence-electron chi connectivity index (χ2n) is 5.29. The second kappa shape index (κ2) is 7.98. The fourth-order valence-electron chi connectivity index (χ4n) is 2.22. The number of primary amides is 1. The maximum absolute atomic E-state index is 12.0. The molecule has 0 aromatic heterocycles. The maximum Gasteiger partial charge on any atom is 0.319 e. The number of nitrogens with two attached hydrogens (primary N) is 1. The second-order valence-corrected chi connectivity index (χ2v) is 5.29. The van der Waals surface area contributed by atoms with Crippen molar-refractivity contribution in [3.05, 3.63) is 65.7 Å². The summed E-state index contributed by atoms with van der Waals surface area (Å²) in [5, 5.41) is 5.32. The molecule has 0 aliphatic carbocycles. The van der Waals surface area contributed by atoms with Crippen LogP contribution < -0.4 is 16.4 Å². The third-order valence-electron chi connectivity index (χ3n) is 3.55. The van der Waals surface area contributed by atoms with E-state index >= 15 is 0 Å². The minimum absolute atomic E-state index is 0.359. The molecule has 0 spiro atoms. The van der Waals surface area contributed by atoms with E-state index in [1.807, 2.05) is 54.6 Å². The Kier molecular flexibility index (Phi) is 5.74. The topological polar surface area (TPSA) is 84.2 Å². The first-order valence-electron chi connectivity index (χ1n) is 7.58. The molecular formula is C18H21N3O2. The molecule has 4 N–H and O–H groups in total. The molecule has 1 unspecified atom stereocenters. The van der Waals surface area contributed by atoms with Gasteiger partial charge in [-0.15, -0.1) is 0 Å². The third-order valence-corrected chi connectivity index (χ3v) is 3.55. The summed E-state index contributed by atoms with van der Waals surface area (Å²) in [6.45, 7) is 2.07. The SMILES string of the molecule is CCc1ccc(NC(=O)NC(Cc2ccccc2)C(N)=O)cc1. The molecule has 0 fully saturated rings. The Morgan fingerprint density at radius 3 is 2.22 bits per heavy atom. The van der Waals surface area contributed by atoms with Gasteiger partial charge in [-0.2, -0.15) is 0 Å². The summed E-state index contributed by atoms with van der Waals surface area (Å²) in [5.74, 6) is -0.565. The molecule has 0 aliphatic heterocycles. The van der Waals surface area contributed by atoms with E-state index in [1.54, 1.807) is 0 Å². The van der Waals surface area contributed by atoms with E-state index in [0.717, 1.165) is 12.0 Å². The number of benzene rings is 2. The highest BCUT2D eigenvalue weighted by Gasteiger charge is 2.18. The van der Waals surface area contributed by atoms with Crippen molar-refractivity contribution < 1.29 is 9.59 Å². The molecule has 0 radical (unpaired) electrons. The van der Waals surface area contributed by atoms with Gasteiger partial charge in [0.15, 0.2) is 0 Å². The van der Waals surface area contributed by atoms with E-state index in [9.17, 15) is 9.59 Å². The maximum atomic E-state index is 12.0. The predicted molar refractivity (Wildman–Crippen MR) is 91.1 cm³/mol. The number of urea groups is 1. The quantitative estimate of drug-likeness (QED) is 0.765. The van der Waals surface area contributed by atoms with Crippen LogP contribution >= 0.6 is 0 Å². The lowest BCUT2D eigenvalue weighted by Gasteiger charge is -2.16. The molecule has 0 heterocycles. The van der Waals surface area contributed by atoms with Crippen LogP contribution in [0.15, 0.2) is 54.6 Å². The Hall–Kier alpha value is -2.82. The van der Waals surface area contributed by atoms with Crippen LogP contribution in [0.5, 0.6) is 0 Å². The Balaban J connectivity index is 1.96. The lowest BCUT2D eigenvalue weighted by atomic mass is 10.1. The molecule has 0 bridgehead atoms. The van der Waals surface area contributed by atoms with Crippen molar-refractivity contribution in [1.82, 2.24) is 5.32 Å². The molecule has 0 saturated heterocycles. The molecule has 2 rings (SSSR count). The summed E-state index contributed by atoms with van der Waals surface area (Å²) >= 11 is 0. The number of rotatable bonds is 6. The van der Waals surface area contributed by atoms with Gasteiger partial charge in [-0.25, -0.2) is 4.79 Å². The van der Waals surface area contributed by atoms with Gasteiger partial charge in [0.1, 0.15) is 6.04 Å². The molecule has 5 nitrogen and oxygen atoms in total. The average molecular weight is 311 g/mol. The fraction of sp³-hybridized carbons (Fsp3) is 0.222. The van der Waals surface area contributed by atoms with Crippen molar-refractivity contribution in [2.45, 2.75) is 25.8 Å². The van der Waals surface area contributed by atoms with E-state index < -0.39 is 18.0 Å². The van der Waals surface area contributed by atoms with Gasteiger partial charge in [0.25, 0.3) is 0 Å². The zero-order valence-electron chi connectivity index (χ0n) is 13.1. The van der Waals surface area contributed by atoms with Gasteiger partial charge in [0.05, 0.1) is 0 Å². The first-order valence-corrected chi connectivity index (χ1v) is 7.58. The number of aryl methyl sites for hydroxylation is 1. The van der Waals surface area contributed by atoms with E-state index in [-0.39, 0.29) is 0 Å². The van der Waals surface area contributed by atoms with Crippen molar-refractivity contribution >= 4 is 17.6 Å². The van der Waals surface area contributed by atoms with Crippen molar-refractivity contribution in [2.75, 3.05) is 5.32 Å². The highest BCUT2D eigenvalue weighted by atomic mass is 16.2. The normalized spacial score (nSPS) is 11.5. The molecule has 0 saturated carbocycles. The molecule has 0 aliphatic rings. The highest BCUT2D eigenvalue weighted by Crippen LogP contribution is 2.10. The molecule has 2 aromatic carbocycles. The van der Waals surface area contributed by atoms with Gasteiger partial charge < -0.3 is 16.4 Å². The van der Waals surface area contributed by atoms with Crippen LogP contribution in [0.3, 0.4) is 0 Å². The van der Waals surface area contributed by atoms with Crippen molar-refractivity contribution in [3.8, 4) is 0 Å². The molecule has 23 heavy (non-hydrogen) atoms. The number of hydrogen-bond donors (Lipinski definition) is 3. The summed E-state index contributed by atoms with van der Waals surface area (Å²) in [4.78, 5) is 23.6. The number of carbonyl (C=O) groups is 2. The van der Waals surface area contributed by atoms with E-state index in [4.69, 9.17) is 5.73 Å². The molecule has 120 valence electrons.